The summed E-state index contributed by atoms with van der Waals surface area (Å²) in [6, 6.07) is 4.71. The van der Waals surface area contributed by atoms with Crippen LogP contribution >= 0.6 is 0 Å². The Morgan fingerprint density at radius 1 is 1.12 bits per heavy atom. The lowest BCUT2D eigenvalue weighted by molar-refractivity contribution is -0.154. The van der Waals surface area contributed by atoms with E-state index in [1.54, 1.807) is 0 Å². The Bertz CT molecular complexity index is 1180. The van der Waals surface area contributed by atoms with Gasteiger partial charge in [0.15, 0.2) is 6.61 Å². The van der Waals surface area contributed by atoms with Crippen LogP contribution in [-0.4, -0.2) is 38.3 Å². The minimum absolute atomic E-state index is 0.220. The second-order valence-electron chi connectivity index (χ2n) is 6.73. The number of ether oxygens (including phenoxy) is 1. The number of aromatic nitrogens is 1. The van der Waals surface area contributed by atoms with Gasteiger partial charge >= 0.3 is 12.4 Å². The number of nitrogens with zero attached hydrogens (tertiary/aromatic N) is 1. The molecule has 15 heteroatoms. The normalized spacial score (nSPS) is 12.6. The molecule has 0 saturated heterocycles. The van der Waals surface area contributed by atoms with Crippen LogP contribution in [-0.2, 0) is 27.5 Å². The fourth-order valence-electron chi connectivity index (χ4n) is 2.37. The lowest BCUT2D eigenvalue weighted by Gasteiger charge is -2.13. The number of benzene rings is 1. The number of rotatable bonds is 8. The molecule has 0 aliphatic carbocycles. The number of carbonyl (C=O) groups excluding carboxylic acids is 1. The number of halogens is 7. The molecule has 1 heterocycles. The highest BCUT2D eigenvalue weighted by atomic mass is 32.2. The van der Waals surface area contributed by atoms with E-state index in [9.17, 15) is 43.9 Å². The van der Waals surface area contributed by atoms with Gasteiger partial charge in [0.25, 0.3) is 0 Å². The van der Waals surface area contributed by atoms with Crippen LogP contribution in [0.5, 0.6) is 5.88 Å². The van der Waals surface area contributed by atoms with Crippen LogP contribution in [0.1, 0.15) is 16.8 Å². The Morgan fingerprint density at radius 3 is 2.35 bits per heavy atom. The standard InChI is InChI=1S/C19H16F7N3O4S/c1-34(31,32)29-14-5-2-11(8-13(14)20)9-27-16(30)7-4-12-3-6-15(19(24,25)26)28-17(12)33-10-18(21,22)23/h2-8,29H,9-10H2,1H3,(H,27,30). The molecule has 34 heavy (non-hydrogen) atoms. The van der Waals surface area contributed by atoms with Gasteiger partial charge in [-0.15, -0.1) is 0 Å². The molecule has 2 rings (SSSR count). The summed E-state index contributed by atoms with van der Waals surface area (Å²) in [4.78, 5) is 15.0. The summed E-state index contributed by atoms with van der Waals surface area (Å²) in [6.45, 7) is -2.12. The predicted molar refractivity (Wildman–Crippen MR) is 107 cm³/mol. The van der Waals surface area contributed by atoms with E-state index in [4.69, 9.17) is 0 Å². The Balaban J connectivity index is 2.10. The van der Waals surface area contributed by atoms with Gasteiger partial charge < -0.3 is 10.1 Å². The van der Waals surface area contributed by atoms with Crippen LogP contribution < -0.4 is 14.8 Å². The zero-order valence-electron chi connectivity index (χ0n) is 17.1. The molecule has 1 amide bonds. The number of carbonyl (C=O) groups is 1. The predicted octanol–water partition coefficient (Wildman–Crippen LogP) is 3.88. The maximum absolute atomic E-state index is 14.0. The highest BCUT2D eigenvalue weighted by Gasteiger charge is 2.34. The van der Waals surface area contributed by atoms with Crippen molar-refractivity contribution < 1.29 is 48.7 Å². The third kappa shape index (κ3) is 8.88. The van der Waals surface area contributed by atoms with Gasteiger partial charge in [-0.1, -0.05) is 6.07 Å². The first-order valence-electron chi connectivity index (χ1n) is 9.03. The van der Waals surface area contributed by atoms with Crippen molar-refractivity contribution >= 4 is 27.7 Å². The molecule has 0 unspecified atom stereocenters. The van der Waals surface area contributed by atoms with Gasteiger partial charge in [-0.3, -0.25) is 9.52 Å². The lowest BCUT2D eigenvalue weighted by atomic mass is 10.2. The molecular formula is C19H16F7N3O4S. The number of sulfonamides is 1. The molecule has 0 aliphatic rings. The molecule has 0 fully saturated rings. The van der Waals surface area contributed by atoms with E-state index in [1.165, 1.54) is 6.07 Å². The molecule has 1 aromatic heterocycles. The summed E-state index contributed by atoms with van der Waals surface area (Å²) in [7, 11) is -3.71. The van der Waals surface area contributed by atoms with Crippen molar-refractivity contribution in [2.45, 2.75) is 18.9 Å². The van der Waals surface area contributed by atoms with Crippen LogP contribution in [0.2, 0.25) is 0 Å². The minimum Gasteiger partial charge on any atom is -0.468 e. The molecule has 0 saturated carbocycles. The number of hydrogen-bond donors (Lipinski definition) is 2. The van der Waals surface area contributed by atoms with E-state index in [2.05, 4.69) is 15.0 Å². The molecule has 0 radical (unpaired) electrons. The summed E-state index contributed by atoms with van der Waals surface area (Å²) in [5.41, 5.74) is -1.88. The monoisotopic (exact) mass is 515 g/mol. The molecule has 0 bridgehead atoms. The molecule has 0 spiro atoms. The minimum atomic E-state index is -4.93. The van der Waals surface area contributed by atoms with Gasteiger partial charge in [0.1, 0.15) is 11.5 Å². The molecule has 7 nitrogen and oxygen atoms in total. The average Bonchev–Trinajstić information content (AvgIpc) is 2.69. The molecule has 0 aliphatic heterocycles. The van der Waals surface area contributed by atoms with Crippen molar-refractivity contribution in [2.75, 3.05) is 17.6 Å². The van der Waals surface area contributed by atoms with Gasteiger partial charge in [-0.2, -0.15) is 26.3 Å². The van der Waals surface area contributed by atoms with E-state index >= 15 is 0 Å². The van der Waals surface area contributed by atoms with Gasteiger partial charge in [0.05, 0.1) is 11.9 Å². The number of alkyl halides is 6. The molecule has 2 N–H and O–H groups in total. The van der Waals surface area contributed by atoms with E-state index in [0.717, 1.165) is 36.6 Å². The van der Waals surface area contributed by atoms with Crippen LogP contribution in [0.3, 0.4) is 0 Å². The van der Waals surface area contributed by atoms with Crippen molar-refractivity contribution in [1.29, 1.82) is 0 Å². The first-order chi connectivity index (χ1) is 15.5. The highest BCUT2D eigenvalue weighted by Crippen LogP contribution is 2.31. The smallest absolute Gasteiger partial charge is 0.433 e. The maximum Gasteiger partial charge on any atom is 0.433 e. The number of hydrogen-bond acceptors (Lipinski definition) is 5. The second-order valence-corrected chi connectivity index (χ2v) is 8.48. The molecule has 186 valence electrons. The van der Waals surface area contributed by atoms with E-state index in [-0.39, 0.29) is 23.4 Å². The second kappa shape index (κ2) is 10.3. The Morgan fingerprint density at radius 2 is 1.79 bits per heavy atom. The number of anilines is 1. The summed E-state index contributed by atoms with van der Waals surface area (Å²) >= 11 is 0. The van der Waals surface area contributed by atoms with Crippen molar-refractivity contribution in [3.8, 4) is 5.88 Å². The zero-order valence-corrected chi connectivity index (χ0v) is 17.9. The Labute approximate surface area is 188 Å². The highest BCUT2D eigenvalue weighted by molar-refractivity contribution is 7.92. The Kier molecular flexibility index (Phi) is 8.13. The largest absolute Gasteiger partial charge is 0.468 e. The van der Waals surface area contributed by atoms with Gasteiger partial charge in [-0.25, -0.2) is 17.8 Å². The van der Waals surface area contributed by atoms with E-state index < -0.39 is 52.3 Å². The van der Waals surface area contributed by atoms with Crippen molar-refractivity contribution in [1.82, 2.24) is 10.3 Å². The summed E-state index contributed by atoms with van der Waals surface area (Å²) in [5.74, 6) is -2.71. The van der Waals surface area contributed by atoms with Gasteiger partial charge in [0, 0.05) is 18.2 Å². The third-order valence-electron chi connectivity index (χ3n) is 3.76. The Hall–Kier alpha value is -3.36. The van der Waals surface area contributed by atoms with Crippen LogP contribution in [0.15, 0.2) is 36.4 Å². The number of amides is 1. The SMILES string of the molecule is CS(=O)(=O)Nc1ccc(CNC(=O)C=Cc2ccc(C(F)(F)F)nc2OCC(F)(F)F)cc1F. The molecule has 2 aromatic rings. The van der Waals surface area contributed by atoms with Crippen LogP contribution in [0.25, 0.3) is 6.08 Å². The lowest BCUT2D eigenvalue weighted by Crippen LogP contribution is -2.21. The van der Waals surface area contributed by atoms with Crippen LogP contribution in [0.4, 0.5) is 36.4 Å². The quantitative estimate of drug-likeness (QED) is 0.411. The van der Waals surface area contributed by atoms with Gasteiger partial charge in [-0.05, 0) is 35.9 Å². The van der Waals surface area contributed by atoms with E-state index in [0.29, 0.717) is 6.07 Å². The van der Waals surface area contributed by atoms with Crippen LogP contribution in [0, 0.1) is 5.82 Å². The molecule has 1 aromatic carbocycles. The summed E-state index contributed by atoms with van der Waals surface area (Å²) < 4.78 is 118. The fraction of sp³-hybridized carbons (Fsp3) is 0.263. The summed E-state index contributed by atoms with van der Waals surface area (Å²) in [6.07, 6.45) is -7.24. The van der Waals surface area contributed by atoms with Gasteiger partial charge in [0.2, 0.25) is 21.8 Å². The van der Waals surface area contributed by atoms with Crippen molar-refractivity contribution in [3.63, 3.8) is 0 Å². The summed E-state index contributed by atoms with van der Waals surface area (Å²) in [5, 5.41) is 2.32. The topological polar surface area (TPSA) is 97.4 Å². The van der Waals surface area contributed by atoms with E-state index in [1.807, 2.05) is 4.72 Å². The third-order valence-corrected chi connectivity index (χ3v) is 4.35. The van der Waals surface area contributed by atoms with Crippen molar-refractivity contribution in [3.05, 3.63) is 59.0 Å². The average molecular weight is 515 g/mol. The molecular weight excluding hydrogens is 499 g/mol. The fourth-order valence-corrected chi connectivity index (χ4v) is 2.93. The molecule has 0 atom stereocenters. The zero-order chi connectivity index (χ0) is 25.7. The first-order valence-corrected chi connectivity index (χ1v) is 10.9. The maximum atomic E-state index is 14.0. The van der Waals surface area contributed by atoms with Crippen molar-refractivity contribution in [2.24, 2.45) is 0 Å². The number of pyridine rings is 1. The number of nitrogens with one attached hydrogen (secondary N) is 2. The first kappa shape index (κ1) is 26.9.